The fourth-order valence-electron chi connectivity index (χ4n) is 5.55. The molecular formula is C33H42N10O5. The molecule has 1 N–H and O–H groups in total. The van der Waals surface area contributed by atoms with E-state index in [1.807, 2.05) is 54.2 Å². The number of ether oxygens (including phenoxy) is 2. The van der Waals surface area contributed by atoms with E-state index in [9.17, 15) is 14.9 Å². The van der Waals surface area contributed by atoms with Crippen molar-refractivity contribution in [1.29, 1.82) is 0 Å². The molecule has 0 bridgehead atoms. The maximum Gasteiger partial charge on any atom is 0.343 e. The summed E-state index contributed by atoms with van der Waals surface area (Å²) in [5.41, 5.74) is 3.65. The van der Waals surface area contributed by atoms with Crippen LogP contribution in [0.25, 0.3) is 11.3 Å². The van der Waals surface area contributed by atoms with Crippen LogP contribution in [0.3, 0.4) is 0 Å². The smallest absolute Gasteiger partial charge is 0.343 e. The summed E-state index contributed by atoms with van der Waals surface area (Å²) in [6.07, 6.45) is 4.71. The number of nitrogens with one attached hydrogen (secondary N) is 1. The zero-order valence-electron chi connectivity index (χ0n) is 28.8. The number of likely N-dealkylation sites (N-methyl/N-ethyl adjacent to an activating group) is 2. The molecule has 48 heavy (non-hydrogen) atoms. The lowest BCUT2D eigenvalue weighted by molar-refractivity contribution is -0.384. The highest BCUT2D eigenvalue weighted by Crippen LogP contribution is 2.45. The van der Waals surface area contributed by atoms with Crippen molar-refractivity contribution in [3.63, 3.8) is 0 Å². The van der Waals surface area contributed by atoms with E-state index in [1.165, 1.54) is 19.4 Å². The normalized spacial score (nSPS) is 13.5. The molecule has 5 rings (SSSR count). The van der Waals surface area contributed by atoms with Crippen LogP contribution in [0.5, 0.6) is 5.75 Å². The minimum Gasteiger partial charge on any atom is -0.494 e. The molecule has 15 heteroatoms. The number of carbonyl (C=O) groups excluding carboxylic acids is 1. The average Bonchev–Trinajstić information content (AvgIpc) is 3.58. The minimum absolute atomic E-state index is 0.109. The van der Waals surface area contributed by atoms with Crippen LogP contribution in [0.15, 0.2) is 42.9 Å². The number of nitro groups is 1. The third-order valence-corrected chi connectivity index (χ3v) is 7.98. The molecule has 254 valence electrons. The van der Waals surface area contributed by atoms with Gasteiger partial charge in [-0.15, -0.1) is 0 Å². The molecule has 3 aromatic heterocycles. The first kappa shape index (κ1) is 34.0. The fraction of sp³-hybridized carbons (Fsp3) is 0.424. The highest BCUT2D eigenvalue weighted by Gasteiger charge is 2.40. The standard InChI is InChI=1S/C33H42N10O5/c1-20(2)48-31(44)22-17-34-32(37-24-14-27(43(45)46)26(15-28(24)47-9)40(7)13-12-39(5)6)38-30(22)42-19-33(3,4)29-25(42)11-10-23(36-29)21-16-35-41(8)18-21/h10-11,14-18,20H,12-13,19H2,1-9H3,(H,34,37,38). The summed E-state index contributed by atoms with van der Waals surface area (Å²) in [5, 5.41) is 19.6. The number of pyridine rings is 1. The first-order chi connectivity index (χ1) is 22.7. The molecule has 1 aliphatic rings. The monoisotopic (exact) mass is 658 g/mol. The van der Waals surface area contributed by atoms with Gasteiger partial charge in [0.05, 0.1) is 47.1 Å². The summed E-state index contributed by atoms with van der Waals surface area (Å²) in [6, 6.07) is 6.90. The number of rotatable bonds is 12. The largest absolute Gasteiger partial charge is 0.494 e. The predicted octanol–water partition coefficient (Wildman–Crippen LogP) is 4.92. The van der Waals surface area contributed by atoms with Crippen molar-refractivity contribution in [2.24, 2.45) is 7.05 Å². The van der Waals surface area contributed by atoms with E-state index in [4.69, 9.17) is 19.4 Å². The number of hydrogen-bond donors (Lipinski definition) is 1. The maximum absolute atomic E-state index is 13.4. The van der Waals surface area contributed by atoms with Gasteiger partial charge in [-0.3, -0.25) is 14.8 Å². The van der Waals surface area contributed by atoms with Gasteiger partial charge >= 0.3 is 5.97 Å². The molecular weight excluding hydrogens is 616 g/mol. The topological polar surface area (TPSA) is 157 Å². The van der Waals surface area contributed by atoms with E-state index in [0.29, 0.717) is 42.6 Å². The molecule has 4 heterocycles. The van der Waals surface area contributed by atoms with Crippen molar-refractivity contribution in [3.8, 4) is 17.0 Å². The molecule has 0 aliphatic carbocycles. The second-order valence-electron chi connectivity index (χ2n) is 13.0. The van der Waals surface area contributed by atoms with Gasteiger partial charge < -0.3 is 29.5 Å². The van der Waals surface area contributed by atoms with Gasteiger partial charge in [0.2, 0.25) is 5.95 Å². The second kappa shape index (κ2) is 13.4. The van der Waals surface area contributed by atoms with Gasteiger partial charge in [-0.1, -0.05) is 13.8 Å². The number of nitro benzene ring substituents is 1. The third kappa shape index (κ3) is 7.00. The van der Waals surface area contributed by atoms with Gasteiger partial charge in [0.25, 0.3) is 5.69 Å². The summed E-state index contributed by atoms with van der Waals surface area (Å²) >= 11 is 0. The molecule has 15 nitrogen and oxygen atoms in total. The highest BCUT2D eigenvalue weighted by molar-refractivity contribution is 5.96. The minimum atomic E-state index is -0.573. The number of benzene rings is 1. The zero-order valence-corrected chi connectivity index (χ0v) is 28.8. The van der Waals surface area contributed by atoms with E-state index >= 15 is 0 Å². The summed E-state index contributed by atoms with van der Waals surface area (Å²) in [4.78, 5) is 45.1. The first-order valence-electron chi connectivity index (χ1n) is 15.5. The number of methoxy groups -OCH3 is 1. The van der Waals surface area contributed by atoms with Crippen molar-refractivity contribution in [3.05, 3.63) is 64.2 Å². The quantitative estimate of drug-likeness (QED) is 0.124. The maximum atomic E-state index is 13.4. The van der Waals surface area contributed by atoms with Gasteiger partial charge in [0.1, 0.15) is 17.0 Å². The number of anilines is 5. The highest BCUT2D eigenvalue weighted by atomic mass is 16.6. The van der Waals surface area contributed by atoms with Crippen molar-refractivity contribution < 1.29 is 19.2 Å². The Morgan fingerprint density at radius 2 is 1.90 bits per heavy atom. The zero-order chi connectivity index (χ0) is 34.9. The van der Waals surface area contributed by atoms with Crippen molar-refractivity contribution >= 4 is 40.5 Å². The summed E-state index contributed by atoms with van der Waals surface area (Å²) in [5.74, 6) is 0.213. The Kier molecular flexibility index (Phi) is 9.52. The average molecular weight is 659 g/mol. The fourth-order valence-corrected chi connectivity index (χ4v) is 5.55. The molecule has 0 amide bonds. The molecule has 0 saturated carbocycles. The molecule has 1 aromatic carbocycles. The molecule has 0 unspecified atom stereocenters. The number of carbonyl (C=O) groups is 1. The van der Waals surface area contributed by atoms with Crippen molar-refractivity contribution in [2.75, 3.05) is 63.0 Å². The van der Waals surface area contributed by atoms with Gasteiger partial charge in [0.15, 0.2) is 5.82 Å². The van der Waals surface area contributed by atoms with Crippen LogP contribution >= 0.6 is 0 Å². The lowest BCUT2D eigenvalue weighted by Gasteiger charge is -2.24. The molecule has 4 aromatic rings. The van der Waals surface area contributed by atoms with E-state index in [1.54, 1.807) is 37.8 Å². The van der Waals surface area contributed by atoms with Crippen LogP contribution in [-0.2, 0) is 17.2 Å². The number of fused-ring (bicyclic) bond motifs is 1. The predicted molar refractivity (Wildman–Crippen MR) is 184 cm³/mol. The Bertz CT molecular complexity index is 1840. The third-order valence-electron chi connectivity index (χ3n) is 7.98. The number of esters is 1. The van der Waals surface area contributed by atoms with Crippen molar-refractivity contribution in [2.45, 2.75) is 39.2 Å². The molecule has 1 aliphatic heterocycles. The van der Waals surface area contributed by atoms with E-state index in [0.717, 1.165) is 22.6 Å². The summed E-state index contributed by atoms with van der Waals surface area (Å²) in [7, 11) is 9.02. The molecule has 0 spiro atoms. The van der Waals surface area contributed by atoms with Crippen LogP contribution in [-0.4, -0.2) is 94.5 Å². The van der Waals surface area contributed by atoms with Gasteiger partial charge in [-0.2, -0.15) is 10.1 Å². The van der Waals surface area contributed by atoms with Crippen LogP contribution in [0, 0.1) is 10.1 Å². The molecule has 0 fully saturated rings. The Hall–Kier alpha value is -5.31. The SMILES string of the molecule is COc1cc(N(C)CCN(C)C)c([N+](=O)[O-])cc1Nc1ncc(C(=O)OC(C)C)c(N2CC(C)(C)c3nc(-c4cnn(C)c4)ccc32)n1. The lowest BCUT2D eigenvalue weighted by atomic mass is 9.91. The number of hydrogen-bond acceptors (Lipinski definition) is 13. The molecule has 0 atom stereocenters. The lowest BCUT2D eigenvalue weighted by Crippen LogP contribution is -2.29. The van der Waals surface area contributed by atoms with E-state index < -0.39 is 16.3 Å². The summed E-state index contributed by atoms with van der Waals surface area (Å²) < 4.78 is 12.9. The Morgan fingerprint density at radius 3 is 2.52 bits per heavy atom. The second-order valence-corrected chi connectivity index (χ2v) is 13.0. The number of aryl methyl sites for hydroxylation is 1. The molecule has 0 saturated heterocycles. The molecule has 0 radical (unpaired) electrons. The number of aromatic nitrogens is 5. The Morgan fingerprint density at radius 1 is 1.15 bits per heavy atom. The van der Waals surface area contributed by atoms with Crippen LogP contribution in [0.4, 0.5) is 34.5 Å². The summed E-state index contributed by atoms with van der Waals surface area (Å²) in [6.45, 7) is 9.44. The van der Waals surface area contributed by atoms with Crippen LogP contribution in [0.2, 0.25) is 0 Å². The van der Waals surface area contributed by atoms with E-state index in [2.05, 4.69) is 29.2 Å². The van der Waals surface area contributed by atoms with Crippen LogP contribution < -0.4 is 19.9 Å². The van der Waals surface area contributed by atoms with Gasteiger partial charge in [-0.25, -0.2) is 14.8 Å². The van der Waals surface area contributed by atoms with Crippen LogP contribution in [0.1, 0.15) is 43.7 Å². The Balaban J connectivity index is 1.57. The van der Waals surface area contributed by atoms with Crippen molar-refractivity contribution in [1.82, 2.24) is 29.6 Å². The number of nitrogens with zero attached hydrogens (tertiary/aromatic N) is 9. The van der Waals surface area contributed by atoms with Gasteiger partial charge in [-0.05, 0) is 40.1 Å². The Labute approximate surface area is 279 Å². The van der Waals surface area contributed by atoms with E-state index in [-0.39, 0.29) is 23.3 Å². The van der Waals surface area contributed by atoms with Gasteiger partial charge in [0, 0.05) is 69.2 Å². The first-order valence-corrected chi connectivity index (χ1v) is 15.5.